The maximum atomic E-state index is 12.4. The minimum absolute atomic E-state index is 0.0868. The molecule has 0 N–H and O–H groups in total. The van der Waals surface area contributed by atoms with Crippen molar-refractivity contribution in [2.24, 2.45) is 5.92 Å². The first-order valence-corrected chi connectivity index (χ1v) is 9.70. The Hall–Kier alpha value is -3.15. The molecule has 0 unspecified atom stereocenters. The predicted molar refractivity (Wildman–Crippen MR) is 109 cm³/mol. The molecule has 6 nitrogen and oxygen atoms in total. The molecule has 1 saturated heterocycles. The molecule has 1 aliphatic heterocycles. The summed E-state index contributed by atoms with van der Waals surface area (Å²) in [5.41, 5.74) is 3.36. The van der Waals surface area contributed by atoms with Gasteiger partial charge in [0.25, 0.3) is 0 Å². The van der Waals surface area contributed by atoms with Crippen molar-refractivity contribution in [2.45, 2.75) is 27.2 Å². The van der Waals surface area contributed by atoms with E-state index >= 15 is 0 Å². The molecule has 0 spiro atoms. The van der Waals surface area contributed by atoms with Gasteiger partial charge in [-0.2, -0.15) is 0 Å². The van der Waals surface area contributed by atoms with Gasteiger partial charge in [0.15, 0.2) is 12.4 Å². The van der Waals surface area contributed by atoms with Crippen LogP contribution in [0.1, 0.15) is 34.8 Å². The topological polar surface area (TPSA) is 72.9 Å². The van der Waals surface area contributed by atoms with Crippen LogP contribution in [-0.2, 0) is 14.3 Å². The number of nitrogens with zero attached hydrogens (tertiary/aromatic N) is 1. The third-order valence-corrected chi connectivity index (χ3v) is 5.16. The fourth-order valence-corrected chi connectivity index (χ4v) is 3.37. The summed E-state index contributed by atoms with van der Waals surface area (Å²) in [6, 6.07) is 12.4. The minimum Gasteiger partial charge on any atom is -0.494 e. The van der Waals surface area contributed by atoms with Crippen LogP contribution in [0.25, 0.3) is 0 Å². The highest BCUT2D eigenvalue weighted by atomic mass is 16.5. The average Bonchev–Trinajstić information content (AvgIpc) is 3.10. The number of Topliss-reactive ketones (excluding diaryl/α,β-unsaturated/α-hetero) is 1. The number of carbonyl (C=O) groups excluding carboxylic acids is 3. The van der Waals surface area contributed by atoms with Crippen molar-refractivity contribution in [1.29, 1.82) is 0 Å². The van der Waals surface area contributed by atoms with E-state index in [0.717, 1.165) is 16.8 Å². The van der Waals surface area contributed by atoms with Crippen molar-refractivity contribution < 1.29 is 23.9 Å². The molecule has 0 aliphatic carbocycles. The molecule has 1 heterocycles. The number of hydrogen-bond donors (Lipinski definition) is 0. The fourth-order valence-electron chi connectivity index (χ4n) is 3.37. The van der Waals surface area contributed by atoms with Gasteiger partial charge in [-0.15, -0.1) is 0 Å². The molecule has 0 aromatic heterocycles. The summed E-state index contributed by atoms with van der Waals surface area (Å²) in [6.45, 7) is 6.29. The Morgan fingerprint density at radius 3 is 2.52 bits per heavy atom. The van der Waals surface area contributed by atoms with Gasteiger partial charge in [-0.3, -0.25) is 14.4 Å². The largest absolute Gasteiger partial charge is 0.494 e. The van der Waals surface area contributed by atoms with Crippen molar-refractivity contribution in [3.05, 3.63) is 59.2 Å². The zero-order valence-electron chi connectivity index (χ0n) is 16.9. The monoisotopic (exact) mass is 395 g/mol. The number of ketones is 1. The van der Waals surface area contributed by atoms with Gasteiger partial charge in [0.05, 0.1) is 12.5 Å². The summed E-state index contributed by atoms with van der Waals surface area (Å²) in [5.74, 6) is -0.825. The van der Waals surface area contributed by atoms with Crippen LogP contribution in [0.2, 0.25) is 0 Å². The molecule has 1 aliphatic rings. The molecule has 2 aromatic rings. The highest BCUT2D eigenvalue weighted by Crippen LogP contribution is 2.29. The zero-order chi connectivity index (χ0) is 21.0. The van der Waals surface area contributed by atoms with Crippen molar-refractivity contribution in [1.82, 2.24) is 0 Å². The van der Waals surface area contributed by atoms with E-state index in [1.165, 1.54) is 0 Å². The Labute approximate surface area is 170 Å². The third-order valence-electron chi connectivity index (χ3n) is 5.16. The first-order valence-electron chi connectivity index (χ1n) is 9.70. The quantitative estimate of drug-likeness (QED) is 0.530. The van der Waals surface area contributed by atoms with Crippen molar-refractivity contribution in [3.8, 4) is 5.75 Å². The zero-order valence-corrected chi connectivity index (χ0v) is 16.9. The molecule has 1 atom stereocenters. The summed E-state index contributed by atoms with van der Waals surface area (Å²) in [4.78, 5) is 38.8. The molecule has 1 amide bonds. The minimum atomic E-state index is -0.574. The summed E-state index contributed by atoms with van der Waals surface area (Å²) in [6.07, 6.45) is 0.0868. The van der Waals surface area contributed by atoms with E-state index < -0.39 is 11.9 Å². The summed E-state index contributed by atoms with van der Waals surface area (Å²) < 4.78 is 10.6. The average molecular weight is 395 g/mol. The van der Waals surface area contributed by atoms with Crippen LogP contribution in [0.4, 0.5) is 5.69 Å². The first kappa shape index (κ1) is 20.6. The number of amides is 1. The number of aryl methyl sites for hydroxylation is 1. The number of anilines is 1. The number of rotatable bonds is 7. The maximum absolute atomic E-state index is 12.4. The normalized spacial score (nSPS) is 16.0. The van der Waals surface area contributed by atoms with E-state index in [2.05, 4.69) is 0 Å². The van der Waals surface area contributed by atoms with Crippen molar-refractivity contribution in [3.63, 3.8) is 0 Å². The van der Waals surface area contributed by atoms with Crippen LogP contribution in [0.15, 0.2) is 42.5 Å². The highest BCUT2D eigenvalue weighted by Gasteiger charge is 2.37. The molecule has 0 bridgehead atoms. The molecule has 152 valence electrons. The van der Waals surface area contributed by atoms with Crippen LogP contribution in [-0.4, -0.2) is 37.4 Å². The first-order chi connectivity index (χ1) is 13.9. The molecular formula is C23H25NO5. The molecule has 1 fully saturated rings. The van der Waals surface area contributed by atoms with Crippen LogP contribution >= 0.6 is 0 Å². The second-order valence-electron chi connectivity index (χ2n) is 7.11. The lowest BCUT2D eigenvalue weighted by molar-refractivity contribution is -0.147. The molecule has 0 saturated carbocycles. The van der Waals surface area contributed by atoms with Crippen molar-refractivity contribution in [2.75, 3.05) is 24.7 Å². The second kappa shape index (κ2) is 8.90. The van der Waals surface area contributed by atoms with E-state index in [4.69, 9.17) is 9.47 Å². The van der Waals surface area contributed by atoms with Gasteiger partial charge in [-0.1, -0.05) is 12.1 Å². The Kier molecular flexibility index (Phi) is 6.32. The summed E-state index contributed by atoms with van der Waals surface area (Å²) >= 11 is 0. The Morgan fingerprint density at radius 1 is 1.10 bits per heavy atom. The Morgan fingerprint density at radius 2 is 1.83 bits per heavy atom. The van der Waals surface area contributed by atoms with Crippen LogP contribution in [0.3, 0.4) is 0 Å². The molecule has 2 aromatic carbocycles. The van der Waals surface area contributed by atoms with Crippen LogP contribution in [0, 0.1) is 19.8 Å². The Balaban J connectivity index is 1.58. The van der Waals surface area contributed by atoms with Crippen LogP contribution in [0.5, 0.6) is 5.75 Å². The van der Waals surface area contributed by atoms with Gasteiger partial charge in [0.1, 0.15) is 5.75 Å². The van der Waals surface area contributed by atoms with Gasteiger partial charge in [0, 0.05) is 24.2 Å². The van der Waals surface area contributed by atoms with E-state index in [9.17, 15) is 14.4 Å². The second-order valence-corrected chi connectivity index (χ2v) is 7.11. The lowest BCUT2D eigenvalue weighted by Crippen LogP contribution is -2.27. The van der Waals surface area contributed by atoms with Gasteiger partial charge >= 0.3 is 5.97 Å². The maximum Gasteiger partial charge on any atom is 0.311 e. The van der Waals surface area contributed by atoms with Crippen LogP contribution < -0.4 is 9.64 Å². The fraction of sp³-hybridized carbons (Fsp3) is 0.348. The molecule has 29 heavy (non-hydrogen) atoms. The van der Waals surface area contributed by atoms with E-state index in [1.807, 2.05) is 39.0 Å². The molecule has 3 rings (SSSR count). The SMILES string of the molecule is CCOc1ccc(C(=O)COC(=O)[C@@H]2CC(=O)N(c3cccc(C)c3C)C2)cc1. The van der Waals surface area contributed by atoms with Gasteiger partial charge in [-0.25, -0.2) is 0 Å². The molecule has 0 radical (unpaired) electrons. The van der Waals surface area contributed by atoms with E-state index in [1.54, 1.807) is 29.2 Å². The van der Waals surface area contributed by atoms with E-state index in [-0.39, 0.29) is 31.3 Å². The number of carbonyl (C=O) groups is 3. The summed E-state index contributed by atoms with van der Waals surface area (Å²) in [5, 5.41) is 0. The molecular weight excluding hydrogens is 370 g/mol. The smallest absolute Gasteiger partial charge is 0.311 e. The lowest BCUT2D eigenvalue weighted by atomic mass is 10.1. The number of ether oxygens (including phenoxy) is 2. The number of hydrogen-bond acceptors (Lipinski definition) is 5. The van der Waals surface area contributed by atoms with Crippen molar-refractivity contribution >= 4 is 23.3 Å². The van der Waals surface area contributed by atoms with Gasteiger partial charge in [-0.05, 0) is 62.2 Å². The van der Waals surface area contributed by atoms with Gasteiger partial charge in [0.2, 0.25) is 5.91 Å². The molecule has 6 heteroatoms. The standard InChI is InChI=1S/C23H25NO5/c1-4-28-19-10-8-17(9-11-19)21(25)14-29-23(27)18-12-22(26)24(13-18)20-7-5-6-15(2)16(20)3/h5-11,18H,4,12-14H2,1-3H3/t18-/m1/s1. The predicted octanol–water partition coefficient (Wildman–Crippen LogP) is 3.48. The number of esters is 1. The number of benzene rings is 2. The highest BCUT2D eigenvalue weighted by molar-refractivity contribution is 6.01. The van der Waals surface area contributed by atoms with Gasteiger partial charge < -0.3 is 14.4 Å². The third kappa shape index (κ3) is 4.65. The lowest BCUT2D eigenvalue weighted by Gasteiger charge is -2.20. The van der Waals surface area contributed by atoms with E-state index in [0.29, 0.717) is 17.9 Å². The summed E-state index contributed by atoms with van der Waals surface area (Å²) in [7, 11) is 0. The Bertz CT molecular complexity index is 919.